The molecule has 1 aliphatic carbocycles. The van der Waals surface area contributed by atoms with Gasteiger partial charge in [-0.15, -0.1) is 0 Å². The van der Waals surface area contributed by atoms with Crippen molar-refractivity contribution in [2.24, 2.45) is 0 Å². The van der Waals surface area contributed by atoms with Crippen LogP contribution in [0, 0.1) is 0 Å². The lowest BCUT2D eigenvalue weighted by atomic mass is 10.2. The van der Waals surface area contributed by atoms with Crippen LogP contribution in [0.4, 0.5) is 0 Å². The fourth-order valence-electron chi connectivity index (χ4n) is 1.77. The van der Waals surface area contributed by atoms with Crippen molar-refractivity contribution in [1.29, 1.82) is 0 Å². The lowest BCUT2D eigenvalue weighted by Crippen LogP contribution is -2.30. The first-order chi connectivity index (χ1) is 7.74. The molecule has 0 heterocycles. The predicted molar refractivity (Wildman–Crippen MR) is 71.5 cm³/mol. The van der Waals surface area contributed by atoms with Gasteiger partial charge in [0, 0.05) is 30.1 Å². The molecule has 1 aromatic rings. The Morgan fingerprint density at radius 3 is 2.94 bits per heavy atom. The molecular formula is C13H19BrN2. The quantitative estimate of drug-likeness (QED) is 0.863. The van der Waals surface area contributed by atoms with Gasteiger partial charge in [-0.1, -0.05) is 28.1 Å². The summed E-state index contributed by atoms with van der Waals surface area (Å²) in [6, 6.07) is 9.34. The van der Waals surface area contributed by atoms with Gasteiger partial charge >= 0.3 is 0 Å². The summed E-state index contributed by atoms with van der Waals surface area (Å²) in [5.41, 5.74) is 1.36. The molecule has 88 valence electrons. The van der Waals surface area contributed by atoms with E-state index < -0.39 is 0 Å². The van der Waals surface area contributed by atoms with Crippen molar-refractivity contribution in [3.63, 3.8) is 0 Å². The number of hydrogen-bond acceptors (Lipinski definition) is 2. The van der Waals surface area contributed by atoms with Crippen LogP contribution < -0.4 is 5.32 Å². The smallest absolute Gasteiger partial charge is 0.0231 e. The molecule has 1 aliphatic rings. The molecule has 1 aromatic carbocycles. The first-order valence-corrected chi connectivity index (χ1v) is 6.70. The molecule has 1 saturated carbocycles. The Hall–Kier alpha value is -0.380. The molecule has 0 bridgehead atoms. The summed E-state index contributed by atoms with van der Waals surface area (Å²) in [6.45, 7) is 3.24. The molecule has 1 N–H and O–H groups in total. The van der Waals surface area contributed by atoms with Crippen molar-refractivity contribution in [1.82, 2.24) is 10.2 Å². The molecule has 0 aromatic heterocycles. The van der Waals surface area contributed by atoms with Crippen molar-refractivity contribution < 1.29 is 0 Å². The second kappa shape index (κ2) is 5.80. The van der Waals surface area contributed by atoms with Gasteiger partial charge < -0.3 is 10.2 Å². The predicted octanol–water partition coefficient (Wildman–Crippen LogP) is 2.63. The topological polar surface area (TPSA) is 15.3 Å². The molecule has 0 unspecified atom stereocenters. The van der Waals surface area contributed by atoms with Crippen LogP contribution in [-0.2, 0) is 6.54 Å². The summed E-state index contributed by atoms with van der Waals surface area (Å²) in [4.78, 5) is 2.36. The lowest BCUT2D eigenvalue weighted by Gasteiger charge is -2.17. The maximum atomic E-state index is 3.53. The van der Waals surface area contributed by atoms with Gasteiger partial charge in [-0.2, -0.15) is 0 Å². The zero-order valence-electron chi connectivity index (χ0n) is 9.75. The van der Waals surface area contributed by atoms with E-state index in [-0.39, 0.29) is 0 Å². The summed E-state index contributed by atoms with van der Waals surface area (Å²) in [6.07, 6.45) is 2.74. The molecule has 0 amide bonds. The third-order valence-electron chi connectivity index (χ3n) is 2.85. The van der Waals surface area contributed by atoms with Gasteiger partial charge in [0.05, 0.1) is 0 Å². The average molecular weight is 283 g/mol. The van der Waals surface area contributed by atoms with Crippen LogP contribution in [0.25, 0.3) is 0 Å². The molecule has 16 heavy (non-hydrogen) atoms. The highest BCUT2D eigenvalue weighted by Gasteiger charge is 2.19. The van der Waals surface area contributed by atoms with E-state index in [1.165, 1.54) is 18.4 Å². The Morgan fingerprint density at radius 2 is 2.25 bits per heavy atom. The third-order valence-corrected chi connectivity index (χ3v) is 3.34. The lowest BCUT2D eigenvalue weighted by molar-refractivity contribution is 0.324. The minimum absolute atomic E-state index is 0.819. The Kier molecular flexibility index (Phi) is 4.38. The highest BCUT2D eigenvalue weighted by Crippen LogP contribution is 2.18. The number of halogens is 1. The number of nitrogens with one attached hydrogen (secondary N) is 1. The minimum atomic E-state index is 0.819. The zero-order chi connectivity index (χ0) is 11.4. The van der Waals surface area contributed by atoms with Crippen molar-refractivity contribution >= 4 is 15.9 Å². The van der Waals surface area contributed by atoms with Gasteiger partial charge in [0.15, 0.2) is 0 Å². The summed E-state index contributed by atoms with van der Waals surface area (Å²) in [5, 5.41) is 3.53. The maximum absolute atomic E-state index is 3.53. The number of rotatable bonds is 6. The Bertz CT molecular complexity index is 336. The highest BCUT2D eigenvalue weighted by atomic mass is 79.9. The number of benzene rings is 1. The van der Waals surface area contributed by atoms with Crippen LogP contribution in [-0.4, -0.2) is 31.1 Å². The van der Waals surface area contributed by atoms with E-state index >= 15 is 0 Å². The summed E-state index contributed by atoms with van der Waals surface area (Å²) >= 11 is 3.50. The number of hydrogen-bond donors (Lipinski definition) is 1. The molecule has 0 radical (unpaired) electrons. The Labute approximate surface area is 106 Å². The van der Waals surface area contributed by atoms with Crippen molar-refractivity contribution in [2.75, 3.05) is 20.1 Å². The largest absolute Gasteiger partial charge is 0.313 e. The molecule has 0 saturated heterocycles. The van der Waals surface area contributed by atoms with Crippen molar-refractivity contribution in [2.45, 2.75) is 25.4 Å². The maximum Gasteiger partial charge on any atom is 0.0231 e. The molecular weight excluding hydrogens is 264 g/mol. The van der Waals surface area contributed by atoms with Crippen molar-refractivity contribution in [3.05, 3.63) is 34.3 Å². The molecule has 1 fully saturated rings. The van der Waals surface area contributed by atoms with E-state index in [2.05, 4.69) is 57.5 Å². The minimum Gasteiger partial charge on any atom is -0.313 e. The monoisotopic (exact) mass is 282 g/mol. The molecule has 3 heteroatoms. The fourth-order valence-corrected chi connectivity index (χ4v) is 2.22. The van der Waals surface area contributed by atoms with Crippen molar-refractivity contribution in [3.8, 4) is 0 Å². The fraction of sp³-hybridized carbons (Fsp3) is 0.538. The molecule has 2 rings (SSSR count). The van der Waals surface area contributed by atoms with Crippen LogP contribution in [0.2, 0.25) is 0 Å². The summed E-state index contributed by atoms with van der Waals surface area (Å²) in [7, 11) is 2.18. The van der Waals surface area contributed by atoms with E-state index in [0.29, 0.717) is 0 Å². The highest BCUT2D eigenvalue weighted by molar-refractivity contribution is 9.10. The van der Waals surface area contributed by atoms with Gasteiger partial charge in [0.2, 0.25) is 0 Å². The van der Waals surface area contributed by atoms with Gasteiger partial charge in [0.25, 0.3) is 0 Å². The van der Waals surface area contributed by atoms with Gasteiger partial charge in [-0.25, -0.2) is 0 Å². The van der Waals surface area contributed by atoms with E-state index in [4.69, 9.17) is 0 Å². The molecule has 0 atom stereocenters. The first-order valence-electron chi connectivity index (χ1n) is 5.90. The second-order valence-corrected chi connectivity index (χ2v) is 5.51. The van der Waals surface area contributed by atoms with Crippen LogP contribution >= 0.6 is 15.9 Å². The van der Waals surface area contributed by atoms with Crippen LogP contribution in [0.1, 0.15) is 18.4 Å². The van der Waals surface area contributed by atoms with E-state index in [1.54, 1.807) is 0 Å². The van der Waals surface area contributed by atoms with Crippen LogP contribution in [0.15, 0.2) is 28.7 Å². The normalized spacial score (nSPS) is 15.7. The van der Waals surface area contributed by atoms with Gasteiger partial charge in [0.1, 0.15) is 0 Å². The third kappa shape index (κ3) is 4.24. The Balaban J connectivity index is 1.70. The van der Waals surface area contributed by atoms with E-state index in [0.717, 1.165) is 30.1 Å². The SMILES string of the molecule is CN(CCNC1CC1)Cc1cccc(Br)c1. The number of nitrogens with zero attached hydrogens (tertiary/aromatic N) is 1. The first kappa shape index (κ1) is 12.1. The molecule has 2 nitrogen and oxygen atoms in total. The average Bonchev–Trinajstić information content (AvgIpc) is 3.01. The number of likely N-dealkylation sites (N-methyl/N-ethyl adjacent to an activating group) is 1. The molecule has 0 spiro atoms. The second-order valence-electron chi connectivity index (χ2n) is 4.60. The summed E-state index contributed by atoms with van der Waals surface area (Å²) in [5.74, 6) is 0. The zero-order valence-corrected chi connectivity index (χ0v) is 11.3. The van der Waals surface area contributed by atoms with E-state index in [1.807, 2.05) is 0 Å². The summed E-state index contributed by atoms with van der Waals surface area (Å²) < 4.78 is 1.16. The van der Waals surface area contributed by atoms with E-state index in [9.17, 15) is 0 Å². The van der Waals surface area contributed by atoms with Crippen LogP contribution in [0.5, 0.6) is 0 Å². The van der Waals surface area contributed by atoms with Gasteiger partial charge in [-0.3, -0.25) is 0 Å². The Morgan fingerprint density at radius 1 is 1.44 bits per heavy atom. The van der Waals surface area contributed by atoms with Crippen LogP contribution in [0.3, 0.4) is 0 Å². The van der Waals surface area contributed by atoms with Gasteiger partial charge in [-0.05, 0) is 37.6 Å². The standard InChI is InChI=1S/C13H19BrN2/c1-16(8-7-15-13-5-6-13)10-11-3-2-4-12(14)9-11/h2-4,9,13,15H,5-8,10H2,1H3. The molecule has 0 aliphatic heterocycles.